The SMILES string of the molecule is CC(C)(C)C1=CC2C(c3ccccc3)CC([Si](C)(C)C3CC(c4ccccc4)C4C=C(C(C)(C)C)C=CC43)C2C=C1.[CH3-].[CH3-].[Cl][Zr+2][Cl]. The van der Waals surface area contributed by atoms with Crippen LogP contribution in [0, 0.1) is 49.4 Å². The third-order valence-corrected chi connectivity index (χ3v) is 16.7. The maximum absolute atomic E-state index is 4.93. The van der Waals surface area contributed by atoms with Gasteiger partial charge in [-0.15, -0.1) is 0 Å². The average Bonchev–Trinajstić information content (AvgIpc) is 3.57. The molecule has 0 spiro atoms. The first-order chi connectivity index (χ1) is 20.8. The summed E-state index contributed by atoms with van der Waals surface area (Å²) in [6.45, 7) is 19.8. The van der Waals surface area contributed by atoms with E-state index in [1.165, 1.54) is 24.0 Å². The quantitative estimate of drug-likeness (QED) is 0.216. The predicted octanol–water partition coefficient (Wildman–Crippen LogP) is 13.6. The van der Waals surface area contributed by atoms with Gasteiger partial charge in [0, 0.05) is 0 Å². The van der Waals surface area contributed by atoms with Crippen LogP contribution < -0.4 is 0 Å². The number of hydrogen-bond acceptors (Lipinski definition) is 0. The summed E-state index contributed by atoms with van der Waals surface area (Å²) in [4.78, 5) is 0. The summed E-state index contributed by atoms with van der Waals surface area (Å²) in [5.74, 6) is 3.80. The Kier molecular flexibility index (Phi) is 13.5. The average molecular weight is 753 g/mol. The molecule has 248 valence electrons. The van der Waals surface area contributed by atoms with Crippen LogP contribution in [0.25, 0.3) is 0 Å². The predicted molar refractivity (Wildman–Crippen MR) is 204 cm³/mol. The van der Waals surface area contributed by atoms with Crippen LogP contribution in [0.4, 0.5) is 0 Å². The topological polar surface area (TPSA) is 0 Å². The zero-order valence-electron chi connectivity index (χ0n) is 30.0. The van der Waals surface area contributed by atoms with E-state index in [9.17, 15) is 0 Å². The van der Waals surface area contributed by atoms with E-state index >= 15 is 0 Å². The van der Waals surface area contributed by atoms with Gasteiger partial charge in [0.25, 0.3) is 0 Å². The molecular formula is C42H58Cl2SiZr. The summed E-state index contributed by atoms with van der Waals surface area (Å²) >= 11 is -0.826. The molecule has 0 nitrogen and oxygen atoms in total. The standard InChI is InChI=1S/C40H52Si.2CH3.2ClH.Zr/c1-39(2,3)29-19-21-31-35(23-29)33(27-15-11-9-12-16-27)25-37(31)41(7,8)38-26-34(28-17-13-10-14-18-28)36-24-30(40(4,5)6)20-22-32(36)38;;;;;/h9-24,31-38H,25-26H2,1-8H3;2*1H3;2*1H;/q;2*-1;;;+4/p-2. The summed E-state index contributed by atoms with van der Waals surface area (Å²) in [7, 11) is 8.17. The molecule has 0 radical (unpaired) electrons. The van der Waals surface area contributed by atoms with E-state index in [-0.39, 0.29) is 25.7 Å². The van der Waals surface area contributed by atoms with Gasteiger partial charge in [-0.05, 0) is 92.5 Å². The van der Waals surface area contributed by atoms with Crippen LogP contribution in [-0.4, -0.2) is 8.07 Å². The first kappa shape index (κ1) is 39.5. The van der Waals surface area contributed by atoms with Crippen molar-refractivity contribution in [3.05, 3.63) is 134 Å². The molecule has 0 aromatic heterocycles. The van der Waals surface area contributed by atoms with Crippen LogP contribution in [-0.2, 0) is 20.8 Å². The molecule has 4 aliphatic carbocycles. The van der Waals surface area contributed by atoms with Gasteiger partial charge in [0.2, 0.25) is 0 Å². The minimum absolute atomic E-state index is 0. The number of fused-ring (bicyclic) bond motifs is 2. The second-order valence-electron chi connectivity index (χ2n) is 16.4. The first-order valence-corrected chi connectivity index (χ1v) is 26.1. The number of hydrogen-bond donors (Lipinski definition) is 0. The summed E-state index contributed by atoms with van der Waals surface area (Å²) in [5, 5.41) is 0. The van der Waals surface area contributed by atoms with E-state index in [0.29, 0.717) is 35.5 Å². The molecule has 2 aromatic rings. The van der Waals surface area contributed by atoms with E-state index in [1.807, 2.05) is 0 Å². The van der Waals surface area contributed by atoms with Gasteiger partial charge in [0.1, 0.15) is 0 Å². The van der Waals surface area contributed by atoms with E-state index in [0.717, 1.165) is 11.1 Å². The van der Waals surface area contributed by atoms with E-state index < -0.39 is 28.9 Å². The number of rotatable bonds is 4. The van der Waals surface area contributed by atoms with Crippen molar-refractivity contribution in [3.63, 3.8) is 0 Å². The van der Waals surface area contributed by atoms with Gasteiger partial charge in [0.05, 0.1) is 8.07 Å². The van der Waals surface area contributed by atoms with Gasteiger partial charge in [-0.25, -0.2) is 0 Å². The second kappa shape index (κ2) is 15.7. The van der Waals surface area contributed by atoms with Gasteiger partial charge in [-0.1, -0.05) is 152 Å². The molecule has 8 atom stereocenters. The van der Waals surface area contributed by atoms with E-state index in [1.54, 1.807) is 11.1 Å². The van der Waals surface area contributed by atoms with Gasteiger partial charge in [-0.3, -0.25) is 0 Å². The van der Waals surface area contributed by atoms with Crippen molar-refractivity contribution < 1.29 is 20.8 Å². The van der Waals surface area contributed by atoms with Crippen molar-refractivity contribution in [1.29, 1.82) is 0 Å². The zero-order chi connectivity index (χ0) is 31.9. The third kappa shape index (κ3) is 8.09. The molecule has 46 heavy (non-hydrogen) atoms. The van der Waals surface area contributed by atoms with Gasteiger partial charge in [0.15, 0.2) is 0 Å². The van der Waals surface area contributed by atoms with E-state index in [4.69, 9.17) is 17.0 Å². The molecule has 0 aliphatic heterocycles. The van der Waals surface area contributed by atoms with E-state index in [2.05, 4.69) is 152 Å². The maximum atomic E-state index is 4.93. The van der Waals surface area contributed by atoms with Crippen LogP contribution in [0.1, 0.15) is 77.3 Å². The molecule has 0 bridgehead atoms. The molecule has 0 amide bonds. The Morgan fingerprint density at radius 1 is 0.587 bits per heavy atom. The van der Waals surface area contributed by atoms with Crippen molar-refractivity contribution in [3.8, 4) is 0 Å². The molecule has 4 aliphatic rings. The Balaban J connectivity index is 0.00000111. The summed E-state index contributed by atoms with van der Waals surface area (Å²) in [5.41, 5.74) is 8.15. The first-order valence-electron chi connectivity index (χ1n) is 16.6. The molecule has 0 heterocycles. The van der Waals surface area contributed by atoms with Crippen LogP contribution in [0.3, 0.4) is 0 Å². The molecule has 4 heteroatoms. The Hall–Kier alpha value is -0.920. The van der Waals surface area contributed by atoms with Gasteiger partial charge < -0.3 is 14.9 Å². The van der Waals surface area contributed by atoms with Crippen LogP contribution in [0.15, 0.2) is 108 Å². The molecule has 2 saturated carbocycles. The van der Waals surface area contributed by atoms with Gasteiger partial charge in [-0.2, -0.15) is 0 Å². The molecule has 6 rings (SSSR count). The minimum atomic E-state index is -1.70. The van der Waals surface area contributed by atoms with Crippen molar-refractivity contribution in [2.75, 3.05) is 0 Å². The van der Waals surface area contributed by atoms with Crippen molar-refractivity contribution in [2.24, 2.45) is 34.5 Å². The van der Waals surface area contributed by atoms with Crippen molar-refractivity contribution >= 4 is 25.1 Å². The van der Waals surface area contributed by atoms with Crippen molar-refractivity contribution in [2.45, 2.75) is 90.4 Å². The molecule has 8 unspecified atom stereocenters. The van der Waals surface area contributed by atoms with Crippen LogP contribution >= 0.6 is 17.0 Å². The summed E-state index contributed by atoms with van der Waals surface area (Å²) in [6.07, 6.45) is 18.4. The second-order valence-corrected chi connectivity index (χ2v) is 25.2. The summed E-state index contributed by atoms with van der Waals surface area (Å²) < 4.78 is 0. The molecular weight excluding hydrogens is 695 g/mol. The Labute approximate surface area is 302 Å². The van der Waals surface area contributed by atoms with Gasteiger partial charge >= 0.3 is 37.9 Å². The number of benzene rings is 2. The molecule has 0 N–H and O–H groups in total. The normalized spacial score (nSPS) is 29.9. The third-order valence-electron chi connectivity index (χ3n) is 11.6. The Bertz CT molecular complexity index is 1290. The molecule has 2 fully saturated rings. The number of halogens is 2. The Morgan fingerprint density at radius 2 is 0.913 bits per heavy atom. The molecule has 2 aromatic carbocycles. The monoisotopic (exact) mass is 750 g/mol. The fourth-order valence-electron chi connectivity index (χ4n) is 9.17. The van der Waals surface area contributed by atoms with Crippen LogP contribution in [0.2, 0.25) is 24.2 Å². The number of allylic oxidation sites excluding steroid dienone is 8. The summed E-state index contributed by atoms with van der Waals surface area (Å²) in [6, 6.07) is 23.0. The molecule has 0 saturated heterocycles. The fraction of sp³-hybridized carbons (Fsp3) is 0.476. The Morgan fingerprint density at radius 3 is 1.22 bits per heavy atom. The zero-order valence-corrected chi connectivity index (χ0v) is 35.0. The van der Waals surface area contributed by atoms with Crippen LogP contribution in [0.5, 0.6) is 0 Å². The van der Waals surface area contributed by atoms with Crippen molar-refractivity contribution in [1.82, 2.24) is 0 Å². The fourth-order valence-corrected chi connectivity index (χ4v) is 14.1.